The van der Waals surface area contributed by atoms with Gasteiger partial charge in [-0.15, -0.1) is 0 Å². The first-order chi connectivity index (χ1) is 18.5. The minimum Gasteiger partial charge on any atom is -0.465 e. The lowest BCUT2D eigenvalue weighted by atomic mass is 9.83. The Morgan fingerprint density at radius 3 is 2.59 bits per heavy atom. The van der Waals surface area contributed by atoms with Crippen LogP contribution in [0.4, 0.5) is 18.0 Å². The van der Waals surface area contributed by atoms with Crippen molar-refractivity contribution in [2.45, 2.75) is 70.4 Å². The fraction of sp³-hybridized carbons (Fsp3) is 0.448. The number of amides is 1. The molecule has 10 heteroatoms. The summed E-state index contributed by atoms with van der Waals surface area (Å²) in [6.45, 7) is 7.54. The average molecular weight is 542 g/mol. The molecule has 2 aliphatic heterocycles. The number of carboxylic acid groups (broad SMARTS) is 1. The standard InChI is InChI=1S/C29H34F3N5O2/c1-29(2,3)37(28(38)39)26-13-21(36-15-19-14-33-34-25(19)17-36)16-35(11-10-18-6-4-5-7-23(18)31)27(26)22-12-20(30)8-9-24(22)32/h4-9,12,14,21,26-27H,10-11,13,15-17H2,1-3H3,(H,33,34)(H,38,39)/t21-,26+,27+/m0/s1. The Morgan fingerprint density at radius 2 is 1.90 bits per heavy atom. The molecule has 0 unspecified atom stereocenters. The van der Waals surface area contributed by atoms with Gasteiger partial charge in [-0.1, -0.05) is 18.2 Å². The molecule has 7 nitrogen and oxygen atoms in total. The maximum atomic E-state index is 15.4. The second-order valence-corrected chi connectivity index (χ2v) is 11.5. The molecule has 3 atom stereocenters. The molecule has 0 bridgehead atoms. The number of piperidine rings is 1. The van der Waals surface area contributed by atoms with Crippen LogP contribution >= 0.6 is 0 Å². The van der Waals surface area contributed by atoms with Crippen molar-refractivity contribution in [3.63, 3.8) is 0 Å². The van der Waals surface area contributed by atoms with Gasteiger partial charge in [0.05, 0.1) is 24.0 Å². The Hall–Kier alpha value is -3.37. The quantitative estimate of drug-likeness (QED) is 0.440. The fourth-order valence-corrected chi connectivity index (χ4v) is 6.23. The van der Waals surface area contributed by atoms with Crippen LogP contribution in [0.5, 0.6) is 0 Å². The number of rotatable bonds is 6. The lowest BCUT2D eigenvalue weighted by Gasteiger charge is -2.53. The molecule has 2 aliphatic rings. The van der Waals surface area contributed by atoms with Gasteiger partial charge in [-0.05, 0) is 63.4 Å². The van der Waals surface area contributed by atoms with Crippen LogP contribution in [-0.2, 0) is 19.5 Å². The third-order valence-corrected chi connectivity index (χ3v) is 7.94. The topological polar surface area (TPSA) is 75.7 Å². The van der Waals surface area contributed by atoms with Gasteiger partial charge in [-0.2, -0.15) is 5.10 Å². The van der Waals surface area contributed by atoms with Gasteiger partial charge >= 0.3 is 6.09 Å². The number of carbonyl (C=O) groups is 1. The normalized spacial score (nSPS) is 22.2. The molecule has 208 valence electrons. The highest BCUT2D eigenvalue weighted by atomic mass is 19.1. The van der Waals surface area contributed by atoms with Crippen molar-refractivity contribution in [1.29, 1.82) is 0 Å². The van der Waals surface area contributed by atoms with Gasteiger partial charge in [0.25, 0.3) is 0 Å². The van der Waals surface area contributed by atoms with Crippen molar-refractivity contribution in [2.75, 3.05) is 13.1 Å². The minimum atomic E-state index is -1.13. The van der Waals surface area contributed by atoms with Crippen LogP contribution < -0.4 is 0 Å². The lowest BCUT2D eigenvalue weighted by Crippen LogP contribution is -2.62. The largest absolute Gasteiger partial charge is 0.465 e. The van der Waals surface area contributed by atoms with E-state index < -0.39 is 35.4 Å². The third kappa shape index (κ3) is 5.53. The van der Waals surface area contributed by atoms with Crippen LogP contribution in [0.15, 0.2) is 48.7 Å². The highest BCUT2D eigenvalue weighted by molar-refractivity contribution is 5.67. The zero-order valence-corrected chi connectivity index (χ0v) is 22.4. The van der Waals surface area contributed by atoms with Gasteiger partial charge in [0.2, 0.25) is 0 Å². The highest BCUT2D eigenvalue weighted by Gasteiger charge is 2.47. The van der Waals surface area contributed by atoms with Gasteiger partial charge in [-0.25, -0.2) is 18.0 Å². The van der Waals surface area contributed by atoms with Crippen LogP contribution in [0.1, 0.15) is 55.6 Å². The zero-order valence-electron chi connectivity index (χ0n) is 22.4. The molecule has 0 aliphatic carbocycles. The van der Waals surface area contributed by atoms with Crippen molar-refractivity contribution in [3.8, 4) is 0 Å². The van der Waals surface area contributed by atoms with Crippen molar-refractivity contribution in [1.82, 2.24) is 24.9 Å². The highest BCUT2D eigenvalue weighted by Crippen LogP contribution is 2.41. The van der Waals surface area contributed by atoms with Gasteiger partial charge in [0, 0.05) is 48.9 Å². The van der Waals surface area contributed by atoms with E-state index in [1.165, 1.54) is 17.0 Å². The van der Waals surface area contributed by atoms with Crippen LogP contribution in [0, 0.1) is 17.5 Å². The molecule has 0 radical (unpaired) electrons. The molecule has 1 saturated heterocycles. The monoisotopic (exact) mass is 541 g/mol. The first-order valence-electron chi connectivity index (χ1n) is 13.2. The van der Waals surface area contributed by atoms with E-state index in [1.54, 1.807) is 45.2 Å². The van der Waals surface area contributed by atoms with E-state index in [4.69, 9.17) is 0 Å². The number of hydrogen-bond acceptors (Lipinski definition) is 4. The fourth-order valence-electron chi connectivity index (χ4n) is 6.23. The van der Waals surface area contributed by atoms with Crippen molar-refractivity contribution in [2.24, 2.45) is 0 Å². The molecule has 1 aromatic heterocycles. The molecule has 1 fully saturated rings. The van der Waals surface area contributed by atoms with E-state index in [1.807, 2.05) is 4.90 Å². The second kappa shape index (κ2) is 10.7. The van der Waals surface area contributed by atoms with Crippen molar-refractivity contribution in [3.05, 3.63) is 88.5 Å². The van der Waals surface area contributed by atoms with Gasteiger partial charge in [-0.3, -0.25) is 19.8 Å². The molecule has 39 heavy (non-hydrogen) atoms. The van der Waals surface area contributed by atoms with Gasteiger partial charge in [0.15, 0.2) is 0 Å². The van der Waals surface area contributed by atoms with E-state index in [9.17, 15) is 18.7 Å². The number of aromatic nitrogens is 2. The number of H-pyrrole nitrogens is 1. The van der Waals surface area contributed by atoms with Gasteiger partial charge < -0.3 is 5.11 Å². The molecule has 3 heterocycles. The summed E-state index contributed by atoms with van der Waals surface area (Å²) in [6, 6.07) is 8.30. The Balaban J connectivity index is 1.57. The average Bonchev–Trinajstić information content (AvgIpc) is 3.47. The minimum absolute atomic E-state index is 0.0755. The van der Waals surface area contributed by atoms with Crippen LogP contribution in [0.25, 0.3) is 0 Å². The first-order valence-corrected chi connectivity index (χ1v) is 13.2. The number of nitrogens with zero attached hydrogens (tertiary/aromatic N) is 4. The summed E-state index contributed by atoms with van der Waals surface area (Å²) in [5, 5.41) is 17.6. The summed E-state index contributed by atoms with van der Waals surface area (Å²) >= 11 is 0. The predicted octanol–water partition coefficient (Wildman–Crippen LogP) is 5.35. The predicted molar refractivity (Wildman–Crippen MR) is 140 cm³/mol. The summed E-state index contributed by atoms with van der Waals surface area (Å²) < 4.78 is 44.4. The summed E-state index contributed by atoms with van der Waals surface area (Å²) in [7, 11) is 0. The molecule has 0 saturated carbocycles. The van der Waals surface area contributed by atoms with E-state index in [0.717, 1.165) is 23.4 Å². The maximum absolute atomic E-state index is 15.4. The number of halogens is 3. The Kier molecular flexibility index (Phi) is 7.43. The van der Waals surface area contributed by atoms with E-state index >= 15 is 4.39 Å². The Morgan fingerprint density at radius 1 is 1.13 bits per heavy atom. The van der Waals surface area contributed by atoms with E-state index in [-0.39, 0.29) is 17.4 Å². The molecule has 0 spiro atoms. The number of benzene rings is 2. The number of fused-ring (bicyclic) bond motifs is 1. The van der Waals surface area contributed by atoms with Crippen LogP contribution in [0.3, 0.4) is 0 Å². The Labute approximate surface area is 226 Å². The van der Waals surface area contributed by atoms with Crippen molar-refractivity contribution >= 4 is 6.09 Å². The molecule has 3 aromatic rings. The SMILES string of the molecule is CC(C)(C)N(C(=O)O)[C@@H]1C[C@H](N2Cc3cn[nH]c3C2)CN(CCc2ccccc2F)[C@@H]1c1cc(F)ccc1F. The van der Waals surface area contributed by atoms with Crippen LogP contribution in [-0.4, -0.2) is 66.8 Å². The lowest BCUT2D eigenvalue weighted by molar-refractivity contribution is -0.0340. The number of aromatic amines is 1. The smallest absolute Gasteiger partial charge is 0.408 e. The maximum Gasteiger partial charge on any atom is 0.408 e. The van der Waals surface area contributed by atoms with Crippen LogP contribution in [0.2, 0.25) is 0 Å². The summed E-state index contributed by atoms with van der Waals surface area (Å²) in [5.74, 6) is -1.52. The molecule has 1 amide bonds. The summed E-state index contributed by atoms with van der Waals surface area (Å²) in [6.07, 6.45) is 1.44. The van der Waals surface area contributed by atoms with E-state index in [0.29, 0.717) is 44.6 Å². The Bertz CT molecular complexity index is 1320. The zero-order chi connectivity index (χ0) is 27.9. The van der Waals surface area contributed by atoms with Crippen molar-refractivity contribution < 1.29 is 23.1 Å². The molecule has 2 N–H and O–H groups in total. The number of likely N-dealkylation sites (tertiary alicyclic amines) is 1. The van der Waals surface area contributed by atoms with E-state index in [2.05, 4.69) is 15.1 Å². The molecular formula is C29H34F3N5O2. The molecular weight excluding hydrogens is 507 g/mol. The summed E-state index contributed by atoms with van der Waals surface area (Å²) in [4.78, 5) is 18.4. The number of nitrogens with one attached hydrogen (secondary N) is 1. The second-order valence-electron chi connectivity index (χ2n) is 11.5. The first kappa shape index (κ1) is 27.2. The summed E-state index contributed by atoms with van der Waals surface area (Å²) in [5.41, 5.74) is 1.93. The third-order valence-electron chi connectivity index (χ3n) is 7.94. The molecule has 5 rings (SSSR count). The molecule has 2 aromatic carbocycles. The number of hydrogen-bond donors (Lipinski definition) is 2. The van der Waals surface area contributed by atoms with Gasteiger partial charge in [0.1, 0.15) is 17.5 Å².